The second-order valence-corrected chi connectivity index (χ2v) is 5.78. The van der Waals surface area contributed by atoms with Gasteiger partial charge in [0, 0.05) is 16.8 Å². The van der Waals surface area contributed by atoms with Gasteiger partial charge in [-0.3, -0.25) is 30.1 Å². The second kappa shape index (κ2) is 7.18. The molecular formula is C19H16FN3O3. The zero-order valence-electron chi connectivity index (χ0n) is 13.8. The molecule has 3 amide bonds. The third kappa shape index (κ3) is 3.61. The lowest BCUT2D eigenvalue weighted by Crippen LogP contribution is -2.46. The number of carbonyl (C=O) groups excluding carboxylic acids is 3. The first-order chi connectivity index (χ1) is 12.5. The summed E-state index contributed by atoms with van der Waals surface area (Å²) in [4.78, 5) is 37.4. The lowest BCUT2D eigenvalue weighted by Gasteiger charge is -2.17. The van der Waals surface area contributed by atoms with Crippen LogP contribution in [-0.4, -0.2) is 29.2 Å². The van der Waals surface area contributed by atoms with Crippen molar-refractivity contribution in [2.24, 2.45) is 0 Å². The molecule has 0 radical (unpaired) electrons. The summed E-state index contributed by atoms with van der Waals surface area (Å²) in [5.41, 5.74) is 6.76. The smallest absolute Gasteiger partial charge is 0.259 e. The SMILES string of the molecule is C=C1c2ccccc2C(=O)N1CC(=O)NNC(=O)Cc1ccc(F)cc1. The molecule has 1 aliphatic heterocycles. The maximum absolute atomic E-state index is 12.8. The molecule has 0 aromatic heterocycles. The van der Waals surface area contributed by atoms with Gasteiger partial charge in [0.15, 0.2) is 0 Å². The van der Waals surface area contributed by atoms with Crippen LogP contribution in [-0.2, 0) is 16.0 Å². The molecule has 1 heterocycles. The average Bonchev–Trinajstić information content (AvgIpc) is 2.87. The minimum absolute atomic E-state index is 0.0125. The Morgan fingerprint density at radius 1 is 0.962 bits per heavy atom. The zero-order chi connectivity index (χ0) is 18.7. The molecule has 0 saturated heterocycles. The molecule has 0 saturated carbocycles. The Hall–Kier alpha value is -3.48. The van der Waals surface area contributed by atoms with E-state index in [1.54, 1.807) is 24.3 Å². The number of rotatable bonds is 4. The minimum atomic E-state index is -0.556. The van der Waals surface area contributed by atoms with E-state index in [1.807, 2.05) is 0 Å². The lowest BCUT2D eigenvalue weighted by molar-refractivity contribution is -0.128. The van der Waals surface area contributed by atoms with Crippen LogP contribution >= 0.6 is 0 Å². The van der Waals surface area contributed by atoms with Crippen molar-refractivity contribution in [3.8, 4) is 0 Å². The van der Waals surface area contributed by atoms with Crippen LogP contribution in [0.25, 0.3) is 5.70 Å². The van der Waals surface area contributed by atoms with Crippen molar-refractivity contribution < 1.29 is 18.8 Å². The van der Waals surface area contributed by atoms with E-state index in [1.165, 1.54) is 29.2 Å². The van der Waals surface area contributed by atoms with Gasteiger partial charge in [0.05, 0.1) is 6.42 Å². The molecular weight excluding hydrogens is 337 g/mol. The van der Waals surface area contributed by atoms with E-state index in [-0.39, 0.29) is 24.7 Å². The van der Waals surface area contributed by atoms with Gasteiger partial charge in [-0.15, -0.1) is 0 Å². The van der Waals surface area contributed by atoms with Crippen LogP contribution in [0.4, 0.5) is 4.39 Å². The summed E-state index contributed by atoms with van der Waals surface area (Å²) >= 11 is 0. The summed E-state index contributed by atoms with van der Waals surface area (Å²) in [6, 6.07) is 12.4. The maximum Gasteiger partial charge on any atom is 0.259 e. The van der Waals surface area contributed by atoms with Crippen LogP contribution in [0.15, 0.2) is 55.1 Å². The molecule has 0 spiro atoms. The molecule has 6 nitrogen and oxygen atoms in total. The maximum atomic E-state index is 12.8. The lowest BCUT2D eigenvalue weighted by atomic mass is 10.1. The molecule has 2 aromatic rings. The molecule has 26 heavy (non-hydrogen) atoms. The molecule has 7 heteroatoms. The number of halogens is 1. The summed E-state index contributed by atoms with van der Waals surface area (Å²) in [6.45, 7) is 3.58. The fourth-order valence-corrected chi connectivity index (χ4v) is 2.66. The first-order valence-corrected chi connectivity index (χ1v) is 7.88. The first kappa shape index (κ1) is 17.3. The van der Waals surface area contributed by atoms with E-state index >= 15 is 0 Å². The van der Waals surface area contributed by atoms with E-state index in [0.717, 1.165) is 0 Å². The van der Waals surface area contributed by atoms with Crippen LogP contribution in [0.1, 0.15) is 21.5 Å². The highest BCUT2D eigenvalue weighted by Gasteiger charge is 2.31. The van der Waals surface area contributed by atoms with Crippen molar-refractivity contribution in [3.05, 3.63) is 77.6 Å². The molecule has 0 atom stereocenters. The van der Waals surface area contributed by atoms with Gasteiger partial charge >= 0.3 is 0 Å². The topological polar surface area (TPSA) is 78.5 Å². The number of amides is 3. The van der Waals surface area contributed by atoms with Crippen molar-refractivity contribution in [1.82, 2.24) is 15.8 Å². The Labute approximate surface area is 149 Å². The Morgan fingerprint density at radius 3 is 2.23 bits per heavy atom. The third-order valence-corrected chi connectivity index (χ3v) is 3.96. The third-order valence-electron chi connectivity index (χ3n) is 3.96. The van der Waals surface area contributed by atoms with Crippen molar-refractivity contribution in [2.45, 2.75) is 6.42 Å². The predicted octanol–water partition coefficient (Wildman–Crippen LogP) is 1.64. The van der Waals surface area contributed by atoms with E-state index in [9.17, 15) is 18.8 Å². The number of hydrogen-bond acceptors (Lipinski definition) is 3. The van der Waals surface area contributed by atoms with E-state index in [4.69, 9.17) is 0 Å². The molecule has 0 aliphatic carbocycles. The van der Waals surface area contributed by atoms with Gasteiger partial charge < -0.3 is 0 Å². The summed E-state index contributed by atoms with van der Waals surface area (Å²) in [5.74, 6) is -1.71. The standard InChI is InChI=1S/C19H16FN3O3/c1-12-15-4-2-3-5-16(15)19(26)23(12)11-18(25)22-21-17(24)10-13-6-8-14(20)9-7-13/h2-9H,1,10-11H2,(H,21,24)(H,22,25). The van der Waals surface area contributed by atoms with Gasteiger partial charge in [0.2, 0.25) is 5.91 Å². The van der Waals surface area contributed by atoms with Crippen molar-refractivity contribution in [2.75, 3.05) is 6.54 Å². The average molecular weight is 353 g/mol. The Bertz CT molecular complexity index is 858. The van der Waals surface area contributed by atoms with Crippen LogP contribution < -0.4 is 10.9 Å². The summed E-state index contributed by atoms with van der Waals surface area (Å²) < 4.78 is 12.8. The van der Waals surface area contributed by atoms with Crippen LogP contribution in [0.5, 0.6) is 0 Å². The van der Waals surface area contributed by atoms with Crippen LogP contribution in [0, 0.1) is 5.82 Å². The van der Waals surface area contributed by atoms with Crippen molar-refractivity contribution >= 4 is 23.4 Å². The highest BCUT2D eigenvalue weighted by molar-refractivity contribution is 6.10. The van der Waals surface area contributed by atoms with E-state index in [2.05, 4.69) is 17.4 Å². The fourth-order valence-electron chi connectivity index (χ4n) is 2.66. The summed E-state index contributed by atoms with van der Waals surface area (Å²) in [5, 5.41) is 0. The van der Waals surface area contributed by atoms with Gasteiger partial charge in [0.25, 0.3) is 11.8 Å². The highest BCUT2D eigenvalue weighted by atomic mass is 19.1. The molecule has 1 aliphatic rings. The summed E-state index contributed by atoms with van der Waals surface area (Å²) in [6.07, 6.45) is -0.0125. The Balaban J connectivity index is 1.52. The van der Waals surface area contributed by atoms with Gasteiger partial charge in [0.1, 0.15) is 12.4 Å². The Kier molecular flexibility index (Phi) is 4.79. The second-order valence-electron chi connectivity index (χ2n) is 5.78. The highest BCUT2D eigenvalue weighted by Crippen LogP contribution is 2.30. The van der Waals surface area contributed by atoms with Crippen LogP contribution in [0.3, 0.4) is 0 Å². The molecule has 0 bridgehead atoms. The zero-order valence-corrected chi connectivity index (χ0v) is 13.8. The molecule has 0 unspecified atom stereocenters. The van der Waals surface area contributed by atoms with Gasteiger partial charge in [-0.05, 0) is 23.8 Å². The molecule has 3 rings (SSSR count). The molecule has 0 fully saturated rings. The van der Waals surface area contributed by atoms with Crippen molar-refractivity contribution in [1.29, 1.82) is 0 Å². The number of carbonyl (C=O) groups is 3. The monoisotopic (exact) mass is 353 g/mol. The molecule has 2 aromatic carbocycles. The number of benzene rings is 2. The summed E-state index contributed by atoms with van der Waals surface area (Å²) in [7, 11) is 0. The fraction of sp³-hybridized carbons (Fsp3) is 0.105. The van der Waals surface area contributed by atoms with Gasteiger partial charge in [-0.1, -0.05) is 36.9 Å². The largest absolute Gasteiger partial charge is 0.299 e. The molecule has 2 N–H and O–H groups in total. The predicted molar refractivity (Wildman–Crippen MR) is 92.9 cm³/mol. The Morgan fingerprint density at radius 2 is 1.58 bits per heavy atom. The van der Waals surface area contributed by atoms with Gasteiger partial charge in [-0.25, -0.2) is 4.39 Å². The molecule has 132 valence electrons. The van der Waals surface area contributed by atoms with E-state index in [0.29, 0.717) is 22.4 Å². The number of hydrogen-bond donors (Lipinski definition) is 2. The minimum Gasteiger partial charge on any atom is -0.299 e. The van der Waals surface area contributed by atoms with Crippen LogP contribution in [0.2, 0.25) is 0 Å². The number of fused-ring (bicyclic) bond motifs is 1. The quantitative estimate of drug-likeness (QED) is 0.821. The number of hydrazine groups is 1. The van der Waals surface area contributed by atoms with Crippen molar-refractivity contribution in [3.63, 3.8) is 0 Å². The number of nitrogens with one attached hydrogen (secondary N) is 2. The number of nitrogens with zero attached hydrogens (tertiary/aromatic N) is 1. The van der Waals surface area contributed by atoms with Gasteiger partial charge in [-0.2, -0.15) is 0 Å². The van der Waals surface area contributed by atoms with E-state index < -0.39 is 11.8 Å². The first-order valence-electron chi connectivity index (χ1n) is 7.88. The normalized spacial score (nSPS) is 12.7.